The summed E-state index contributed by atoms with van der Waals surface area (Å²) in [6.45, 7) is 0. The Bertz CT molecular complexity index is 246. The van der Waals surface area contributed by atoms with Gasteiger partial charge in [-0.05, 0) is 12.1 Å². The number of carboxylic acids is 1. The molecule has 70 valence electrons. The second kappa shape index (κ2) is 6.18. The lowest BCUT2D eigenvalue weighted by Gasteiger charge is -1.88. The molecule has 0 spiro atoms. The van der Waals surface area contributed by atoms with Crippen LogP contribution in [0, 0.1) is 0 Å². The van der Waals surface area contributed by atoms with Crippen LogP contribution in [-0.4, -0.2) is 33.5 Å². The van der Waals surface area contributed by atoms with Gasteiger partial charge < -0.3 is 20.2 Å². The van der Waals surface area contributed by atoms with Crippen LogP contribution in [0.2, 0.25) is 0 Å². The number of rotatable bonds is 1. The van der Waals surface area contributed by atoms with Gasteiger partial charge >= 0.3 is 13.3 Å². The molecule has 0 amide bonds. The van der Waals surface area contributed by atoms with E-state index in [-0.39, 0.29) is 0 Å². The van der Waals surface area contributed by atoms with Crippen LogP contribution >= 0.6 is 0 Å². The largest absolute Gasteiger partial charge is 0.631 e. The standard InChI is InChI=1S/C7H6O2.BH3O3/c8-7(9)6-4-2-1-3-5-6;2-1(3)4/h1-5H,(H,8,9);2-4H. The minimum Gasteiger partial charge on any atom is -0.478 e. The molecule has 0 saturated carbocycles. The third kappa shape index (κ3) is 7.01. The molecule has 1 aromatic rings. The van der Waals surface area contributed by atoms with Crippen LogP contribution < -0.4 is 0 Å². The molecule has 0 aliphatic carbocycles. The van der Waals surface area contributed by atoms with Crippen molar-refractivity contribution < 1.29 is 25.0 Å². The second-order valence-corrected chi connectivity index (χ2v) is 2.02. The number of aromatic carboxylic acids is 1. The molecule has 13 heavy (non-hydrogen) atoms. The fraction of sp³-hybridized carbons (Fsp3) is 0. The minimum absolute atomic E-state index is 0.331. The van der Waals surface area contributed by atoms with E-state index in [4.69, 9.17) is 20.2 Å². The van der Waals surface area contributed by atoms with Gasteiger partial charge in [0.25, 0.3) is 0 Å². The van der Waals surface area contributed by atoms with Crippen molar-refractivity contribution in [3.63, 3.8) is 0 Å². The first kappa shape index (κ1) is 11.6. The summed E-state index contributed by atoms with van der Waals surface area (Å²) in [6, 6.07) is 8.30. The Morgan fingerprint density at radius 3 is 1.69 bits per heavy atom. The summed E-state index contributed by atoms with van der Waals surface area (Å²) < 4.78 is 0. The first-order chi connectivity index (χ1) is 6.04. The van der Waals surface area contributed by atoms with Gasteiger partial charge in [0, 0.05) is 0 Å². The topological polar surface area (TPSA) is 98.0 Å². The van der Waals surface area contributed by atoms with E-state index in [0.717, 1.165) is 0 Å². The molecule has 5 nitrogen and oxygen atoms in total. The summed E-state index contributed by atoms with van der Waals surface area (Å²) in [5.41, 5.74) is 0.331. The summed E-state index contributed by atoms with van der Waals surface area (Å²) in [4.78, 5) is 10.2. The summed E-state index contributed by atoms with van der Waals surface area (Å²) in [5, 5.41) is 29.9. The predicted octanol–water partition coefficient (Wildman–Crippen LogP) is -0.667. The Hall–Kier alpha value is -1.37. The van der Waals surface area contributed by atoms with Crippen molar-refractivity contribution in [2.75, 3.05) is 0 Å². The van der Waals surface area contributed by atoms with Crippen molar-refractivity contribution >= 4 is 13.3 Å². The van der Waals surface area contributed by atoms with Crippen LogP contribution in [0.5, 0.6) is 0 Å². The van der Waals surface area contributed by atoms with Crippen molar-refractivity contribution in [2.45, 2.75) is 0 Å². The van der Waals surface area contributed by atoms with E-state index >= 15 is 0 Å². The zero-order chi connectivity index (χ0) is 10.3. The van der Waals surface area contributed by atoms with Crippen molar-refractivity contribution in [3.05, 3.63) is 35.9 Å². The number of hydrogen-bond acceptors (Lipinski definition) is 4. The van der Waals surface area contributed by atoms with E-state index in [9.17, 15) is 4.79 Å². The third-order valence-corrected chi connectivity index (χ3v) is 1.02. The lowest BCUT2D eigenvalue weighted by atomic mass is 10.2. The van der Waals surface area contributed by atoms with E-state index in [1.807, 2.05) is 0 Å². The maximum Gasteiger partial charge on any atom is 0.631 e. The summed E-state index contributed by atoms with van der Waals surface area (Å²) in [5.74, 6) is -0.879. The van der Waals surface area contributed by atoms with Crippen LogP contribution in [0.15, 0.2) is 30.3 Å². The predicted molar refractivity (Wildman–Crippen MR) is 45.8 cm³/mol. The van der Waals surface area contributed by atoms with Gasteiger partial charge in [-0.2, -0.15) is 0 Å². The van der Waals surface area contributed by atoms with Crippen molar-refractivity contribution in [2.24, 2.45) is 0 Å². The van der Waals surface area contributed by atoms with E-state index in [1.165, 1.54) is 0 Å². The molecule has 0 aromatic heterocycles. The molecule has 6 heteroatoms. The molecule has 0 fully saturated rings. The molecule has 0 aliphatic heterocycles. The molecular formula is C7H9BO5. The molecule has 0 heterocycles. The Morgan fingerprint density at radius 2 is 1.46 bits per heavy atom. The van der Waals surface area contributed by atoms with Gasteiger partial charge in [-0.15, -0.1) is 0 Å². The summed E-state index contributed by atoms with van der Waals surface area (Å²) >= 11 is 0. The van der Waals surface area contributed by atoms with Gasteiger partial charge in [-0.1, -0.05) is 18.2 Å². The van der Waals surface area contributed by atoms with E-state index in [0.29, 0.717) is 5.56 Å². The fourth-order valence-corrected chi connectivity index (χ4v) is 0.581. The highest BCUT2D eigenvalue weighted by Gasteiger charge is 1.96. The Labute approximate surface area is 75.1 Å². The SMILES string of the molecule is O=C(O)c1ccccc1.OB(O)O. The van der Waals surface area contributed by atoms with Crippen molar-refractivity contribution in [1.82, 2.24) is 0 Å². The summed E-state index contributed by atoms with van der Waals surface area (Å²) in [7, 11) is -2.17. The average Bonchev–Trinajstić information content (AvgIpc) is 2.05. The number of carbonyl (C=O) groups is 1. The molecule has 0 bridgehead atoms. The monoisotopic (exact) mass is 184 g/mol. The van der Waals surface area contributed by atoms with Crippen molar-refractivity contribution in [1.29, 1.82) is 0 Å². The normalized spacial score (nSPS) is 8.23. The first-order valence-corrected chi connectivity index (χ1v) is 3.36. The van der Waals surface area contributed by atoms with Gasteiger partial charge in [0.15, 0.2) is 0 Å². The maximum absolute atomic E-state index is 10.2. The smallest absolute Gasteiger partial charge is 0.478 e. The Kier molecular flexibility index (Phi) is 5.53. The second-order valence-electron chi connectivity index (χ2n) is 2.02. The summed E-state index contributed by atoms with van der Waals surface area (Å²) in [6.07, 6.45) is 0. The van der Waals surface area contributed by atoms with E-state index in [1.54, 1.807) is 30.3 Å². The van der Waals surface area contributed by atoms with E-state index in [2.05, 4.69) is 0 Å². The van der Waals surface area contributed by atoms with Crippen LogP contribution in [0.1, 0.15) is 10.4 Å². The van der Waals surface area contributed by atoms with Crippen LogP contribution in [-0.2, 0) is 0 Å². The van der Waals surface area contributed by atoms with Gasteiger partial charge in [0.2, 0.25) is 0 Å². The average molecular weight is 184 g/mol. The maximum atomic E-state index is 10.2. The lowest BCUT2D eigenvalue weighted by molar-refractivity contribution is 0.0697. The van der Waals surface area contributed by atoms with Crippen LogP contribution in [0.3, 0.4) is 0 Å². The van der Waals surface area contributed by atoms with Crippen LogP contribution in [0.25, 0.3) is 0 Å². The van der Waals surface area contributed by atoms with Gasteiger partial charge in [-0.25, -0.2) is 4.79 Å². The molecule has 0 radical (unpaired) electrons. The van der Waals surface area contributed by atoms with E-state index < -0.39 is 13.3 Å². The van der Waals surface area contributed by atoms with Gasteiger partial charge in [-0.3, -0.25) is 0 Å². The molecule has 0 unspecified atom stereocenters. The van der Waals surface area contributed by atoms with Gasteiger partial charge in [0.05, 0.1) is 5.56 Å². The Morgan fingerprint density at radius 1 is 1.08 bits per heavy atom. The molecular weight excluding hydrogens is 175 g/mol. The molecule has 0 aliphatic rings. The number of benzene rings is 1. The number of carboxylic acid groups (broad SMARTS) is 1. The quantitative estimate of drug-likeness (QED) is 0.434. The van der Waals surface area contributed by atoms with Gasteiger partial charge in [0.1, 0.15) is 0 Å². The lowest BCUT2D eigenvalue weighted by Crippen LogP contribution is -2.07. The molecule has 1 aromatic carbocycles. The molecule has 4 N–H and O–H groups in total. The molecule has 0 atom stereocenters. The third-order valence-electron chi connectivity index (χ3n) is 1.02. The fourth-order valence-electron chi connectivity index (χ4n) is 0.581. The first-order valence-electron chi connectivity index (χ1n) is 3.36. The Balaban J connectivity index is 0.000000310. The van der Waals surface area contributed by atoms with Crippen LogP contribution in [0.4, 0.5) is 0 Å². The molecule has 0 saturated heterocycles. The zero-order valence-corrected chi connectivity index (χ0v) is 6.66. The van der Waals surface area contributed by atoms with Crippen molar-refractivity contribution in [3.8, 4) is 0 Å². The highest BCUT2D eigenvalue weighted by molar-refractivity contribution is 6.30. The zero-order valence-electron chi connectivity index (χ0n) is 6.66. The highest BCUT2D eigenvalue weighted by Crippen LogP contribution is 1.96. The number of hydrogen-bond donors (Lipinski definition) is 4. The molecule has 1 rings (SSSR count). The minimum atomic E-state index is -2.17. The highest BCUT2D eigenvalue weighted by atomic mass is 16.5.